The van der Waals surface area contributed by atoms with Gasteiger partial charge in [-0.15, -0.1) is 0 Å². The molecule has 1 aliphatic rings. The predicted octanol–water partition coefficient (Wildman–Crippen LogP) is 4.96. The first-order valence-corrected chi connectivity index (χ1v) is 9.56. The Hall–Kier alpha value is -3.47. The van der Waals surface area contributed by atoms with Crippen molar-refractivity contribution in [2.45, 2.75) is 32.5 Å². The van der Waals surface area contributed by atoms with Crippen LogP contribution in [0.25, 0.3) is 0 Å². The van der Waals surface area contributed by atoms with Crippen LogP contribution in [0.3, 0.4) is 0 Å². The molecule has 1 atom stereocenters. The smallest absolute Gasteiger partial charge is 0.308 e. The van der Waals surface area contributed by atoms with Crippen molar-refractivity contribution in [1.29, 1.82) is 0 Å². The lowest BCUT2D eigenvalue weighted by molar-refractivity contribution is -0.131. The summed E-state index contributed by atoms with van der Waals surface area (Å²) in [7, 11) is 0. The number of carbonyl (C=O) groups is 1. The Morgan fingerprint density at radius 1 is 1.07 bits per heavy atom. The molecule has 5 heteroatoms. The van der Waals surface area contributed by atoms with Crippen molar-refractivity contribution < 1.29 is 24.1 Å². The van der Waals surface area contributed by atoms with Gasteiger partial charge < -0.3 is 19.3 Å². The number of aromatic hydroxyl groups is 1. The van der Waals surface area contributed by atoms with Crippen molar-refractivity contribution in [3.63, 3.8) is 0 Å². The quantitative estimate of drug-likeness (QED) is 0.493. The second-order valence-corrected chi connectivity index (χ2v) is 7.00. The Morgan fingerprint density at radius 2 is 1.86 bits per heavy atom. The average Bonchev–Trinajstić information content (AvgIpc) is 2.72. The number of benzene rings is 3. The highest BCUT2D eigenvalue weighted by Crippen LogP contribution is 2.40. The summed E-state index contributed by atoms with van der Waals surface area (Å²) in [5.41, 5.74) is 2.88. The van der Waals surface area contributed by atoms with Gasteiger partial charge in [0.05, 0.1) is 0 Å². The van der Waals surface area contributed by atoms with Crippen LogP contribution in [0.1, 0.15) is 36.1 Å². The first-order chi connectivity index (χ1) is 14.1. The van der Waals surface area contributed by atoms with Crippen molar-refractivity contribution in [2.24, 2.45) is 0 Å². The molecule has 0 aliphatic carbocycles. The molecule has 0 bridgehead atoms. The number of phenols is 1. The fourth-order valence-electron chi connectivity index (χ4n) is 3.42. The molecule has 0 saturated carbocycles. The summed E-state index contributed by atoms with van der Waals surface area (Å²) in [5, 5.41) is 10.4. The third kappa shape index (κ3) is 4.51. The van der Waals surface area contributed by atoms with Crippen LogP contribution in [-0.4, -0.2) is 11.1 Å². The number of phenolic OH excluding ortho intramolecular Hbond substituents is 1. The van der Waals surface area contributed by atoms with Crippen LogP contribution in [0.15, 0.2) is 66.7 Å². The van der Waals surface area contributed by atoms with E-state index in [4.69, 9.17) is 14.2 Å². The van der Waals surface area contributed by atoms with Crippen LogP contribution in [0, 0.1) is 0 Å². The number of hydrogen-bond donors (Lipinski definition) is 1. The zero-order valence-corrected chi connectivity index (χ0v) is 16.1. The van der Waals surface area contributed by atoms with Crippen molar-refractivity contribution in [2.75, 3.05) is 0 Å². The van der Waals surface area contributed by atoms with Crippen LogP contribution in [-0.2, 0) is 17.8 Å². The summed E-state index contributed by atoms with van der Waals surface area (Å²) in [4.78, 5) is 11.1. The van der Waals surface area contributed by atoms with E-state index in [1.165, 1.54) is 13.0 Å². The van der Waals surface area contributed by atoms with Gasteiger partial charge in [-0.05, 0) is 42.2 Å². The van der Waals surface area contributed by atoms with Crippen LogP contribution in [0.4, 0.5) is 0 Å². The summed E-state index contributed by atoms with van der Waals surface area (Å²) in [6.07, 6.45) is 1.31. The van der Waals surface area contributed by atoms with Gasteiger partial charge in [-0.2, -0.15) is 0 Å². The number of fused-ring (bicyclic) bond motifs is 1. The monoisotopic (exact) mass is 390 g/mol. The third-order valence-electron chi connectivity index (χ3n) is 4.84. The standard InChI is InChI=1S/C24H22O5/c1-16(25)28-20-10-11-21(22(26)13-20)23-12-8-18-7-9-19(14-24(18)29-23)27-15-17-5-3-2-4-6-17/h2-7,9-11,13-14,23,26H,8,12,15H2,1H3. The summed E-state index contributed by atoms with van der Waals surface area (Å²) >= 11 is 0. The van der Waals surface area contributed by atoms with E-state index in [9.17, 15) is 9.90 Å². The minimum Gasteiger partial charge on any atom is -0.507 e. The largest absolute Gasteiger partial charge is 0.507 e. The van der Waals surface area contributed by atoms with Crippen molar-refractivity contribution in [3.05, 3.63) is 83.4 Å². The Bertz CT molecular complexity index is 1010. The molecule has 0 amide bonds. The molecule has 0 saturated heterocycles. The lowest BCUT2D eigenvalue weighted by atomic mass is 9.96. The number of hydrogen-bond acceptors (Lipinski definition) is 5. The first kappa shape index (κ1) is 18.9. The Kier molecular flexibility index (Phi) is 5.38. The topological polar surface area (TPSA) is 65.0 Å². The molecule has 1 N–H and O–H groups in total. The molecule has 0 spiro atoms. The normalized spacial score (nSPS) is 15.1. The zero-order valence-electron chi connectivity index (χ0n) is 16.1. The fourth-order valence-corrected chi connectivity index (χ4v) is 3.42. The summed E-state index contributed by atoms with van der Waals surface area (Å²) < 4.78 is 17.1. The van der Waals surface area contributed by atoms with Gasteiger partial charge in [0.1, 0.15) is 35.7 Å². The Labute approximate surface area is 169 Å². The summed E-state index contributed by atoms with van der Waals surface area (Å²) in [5.74, 6) is 1.43. The van der Waals surface area contributed by atoms with Gasteiger partial charge in [0.15, 0.2) is 0 Å². The molecule has 0 radical (unpaired) electrons. The molecule has 1 aliphatic heterocycles. The highest BCUT2D eigenvalue weighted by Gasteiger charge is 2.24. The minimum absolute atomic E-state index is 0.0497. The minimum atomic E-state index is -0.428. The SMILES string of the molecule is CC(=O)Oc1ccc(C2CCc3ccc(OCc4ccccc4)cc3O2)c(O)c1. The predicted molar refractivity (Wildman–Crippen MR) is 108 cm³/mol. The number of esters is 1. The van der Waals surface area contributed by atoms with Crippen molar-refractivity contribution >= 4 is 5.97 Å². The third-order valence-corrected chi connectivity index (χ3v) is 4.84. The van der Waals surface area contributed by atoms with Crippen LogP contribution in [0.2, 0.25) is 0 Å². The molecule has 0 aromatic heterocycles. The molecule has 1 unspecified atom stereocenters. The van der Waals surface area contributed by atoms with Gasteiger partial charge in [-0.25, -0.2) is 0 Å². The second kappa shape index (κ2) is 8.27. The first-order valence-electron chi connectivity index (χ1n) is 9.56. The molecular formula is C24H22O5. The van der Waals surface area contributed by atoms with E-state index in [-0.39, 0.29) is 11.9 Å². The second-order valence-electron chi connectivity index (χ2n) is 7.00. The lowest BCUT2D eigenvalue weighted by Crippen LogP contribution is -2.15. The molecule has 4 rings (SSSR count). The van der Waals surface area contributed by atoms with E-state index in [1.54, 1.807) is 12.1 Å². The van der Waals surface area contributed by atoms with Crippen LogP contribution in [0.5, 0.6) is 23.0 Å². The summed E-state index contributed by atoms with van der Waals surface area (Å²) in [6, 6.07) is 20.7. The number of carbonyl (C=O) groups excluding carboxylic acids is 1. The summed E-state index contributed by atoms with van der Waals surface area (Å²) in [6.45, 7) is 1.81. The molecule has 148 valence electrons. The van der Waals surface area contributed by atoms with Gasteiger partial charge in [-0.3, -0.25) is 4.79 Å². The van der Waals surface area contributed by atoms with Gasteiger partial charge >= 0.3 is 5.97 Å². The number of aryl methyl sites for hydroxylation is 1. The van der Waals surface area contributed by atoms with E-state index in [0.29, 0.717) is 17.9 Å². The van der Waals surface area contributed by atoms with Gasteiger partial charge in [0.2, 0.25) is 0 Å². The molecule has 3 aromatic carbocycles. The zero-order chi connectivity index (χ0) is 20.2. The molecule has 29 heavy (non-hydrogen) atoms. The molecule has 5 nitrogen and oxygen atoms in total. The van der Waals surface area contributed by atoms with E-state index >= 15 is 0 Å². The van der Waals surface area contributed by atoms with Gasteiger partial charge in [-0.1, -0.05) is 36.4 Å². The Balaban J connectivity index is 1.48. The van der Waals surface area contributed by atoms with E-state index < -0.39 is 5.97 Å². The van der Waals surface area contributed by atoms with E-state index in [1.807, 2.05) is 48.5 Å². The molecule has 3 aromatic rings. The fraction of sp³-hybridized carbons (Fsp3) is 0.208. The molecular weight excluding hydrogens is 368 g/mol. The highest BCUT2D eigenvalue weighted by molar-refractivity contribution is 5.69. The van der Waals surface area contributed by atoms with Crippen molar-refractivity contribution in [1.82, 2.24) is 0 Å². The maximum Gasteiger partial charge on any atom is 0.308 e. The average molecular weight is 390 g/mol. The molecule has 0 fully saturated rings. The number of rotatable bonds is 5. The van der Waals surface area contributed by atoms with Gasteiger partial charge in [0, 0.05) is 24.6 Å². The molecule has 1 heterocycles. The number of ether oxygens (including phenoxy) is 3. The lowest BCUT2D eigenvalue weighted by Gasteiger charge is -2.27. The van der Waals surface area contributed by atoms with Gasteiger partial charge in [0.25, 0.3) is 0 Å². The van der Waals surface area contributed by atoms with Crippen LogP contribution >= 0.6 is 0 Å². The highest BCUT2D eigenvalue weighted by atomic mass is 16.5. The van der Waals surface area contributed by atoms with E-state index in [2.05, 4.69) is 0 Å². The Morgan fingerprint density at radius 3 is 2.62 bits per heavy atom. The van der Waals surface area contributed by atoms with Crippen LogP contribution < -0.4 is 14.2 Å². The van der Waals surface area contributed by atoms with Crippen molar-refractivity contribution in [3.8, 4) is 23.0 Å². The van der Waals surface area contributed by atoms with E-state index in [0.717, 1.165) is 35.5 Å². The maximum absolute atomic E-state index is 11.1. The maximum atomic E-state index is 11.1.